The molecule has 1 aliphatic heterocycles. The van der Waals surface area contributed by atoms with Crippen LogP contribution in [0, 0.1) is 0 Å². The van der Waals surface area contributed by atoms with Crippen LogP contribution in [-0.4, -0.2) is 22.5 Å². The van der Waals surface area contributed by atoms with Crippen LogP contribution in [-0.2, 0) is 11.2 Å². The van der Waals surface area contributed by atoms with Gasteiger partial charge in [-0.2, -0.15) is 8.78 Å². The van der Waals surface area contributed by atoms with Gasteiger partial charge in [-0.1, -0.05) is 29.3 Å². The zero-order chi connectivity index (χ0) is 15.9. The second-order valence-electron chi connectivity index (χ2n) is 4.40. The molecule has 0 saturated carbocycles. The molecule has 22 heavy (non-hydrogen) atoms. The number of fused-ring (bicyclic) bond motifs is 1. The van der Waals surface area contributed by atoms with Gasteiger partial charge in [0.15, 0.2) is 5.15 Å². The van der Waals surface area contributed by atoms with Crippen LogP contribution in [0.15, 0.2) is 18.3 Å². The van der Waals surface area contributed by atoms with Crippen LogP contribution in [0.1, 0.15) is 5.56 Å². The fourth-order valence-corrected chi connectivity index (χ4v) is 2.58. The van der Waals surface area contributed by atoms with Crippen LogP contribution < -0.4 is 10.1 Å². The molecule has 114 valence electrons. The number of hydrogen-bond donors (Lipinski definition) is 1. The van der Waals surface area contributed by atoms with Crippen LogP contribution in [0.2, 0.25) is 10.2 Å². The highest BCUT2D eigenvalue weighted by Gasteiger charge is 2.25. The summed E-state index contributed by atoms with van der Waals surface area (Å²) in [6.45, 7) is -3.04. The first-order chi connectivity index (χ1) is 10.5. The standard InChI is InChI=1S/C13H7Cl2F2N3O2/c14-7-2-1-5(6-3-9(21)20-10(6)7)8-4-18-12(11(15)19-8)22-13(16)17/h1-2,4,13H,3H2,(H,20,21). The first kappa shape index (κ1) is 14.9. The van der Waals surface area contributed by atoms with Crippen molar-refractivity contribution in [3.8, 4) is 17.1 Å². The van der Waals surface area contributed by atoms with Gasteiger partial charge in [0.2, 0.25) is 5.91 Å². The molecule has 2 aromatic rings. The number of anilines is 1. The van der Waals surface area contributed by atoms with Crippen molar-refractivity contribution in [2.45, 2.75) is 13.0 Å². The number of nitrogens with zero attached hydrogens (tertiary/aromatic N) is 2. The summed E-state index contributed by atoms with van der Waals surface area (Å²) in [6, 6.07) is 3.26. The minimum Gasteiger partial charge on any atom is -0.414 e. The summed E-state index contributed by atoms with van der Waals surface area (Å²) in [7, 11) is 0. The molecule has 0 aliphatic carbocycles. The molecule has 1 aromatic carbocycles. The molecule has 1 amide bonds. The lowest BCUT2D eigenvalue weighted by molar-refractivity contribution is -0.115. The van der Waals surface area contributed by atoms with Gasteiger partial charge in [-0.15, -0.1) is 0 Å². The van der Waals surface area contributed by atoms with E-state index in [-0.39, 0.29) is 17.5 Å². The molecule has 0 fully saturated rings. The van der Waals surface area contributed by atoms with E-state index >= 15 is 0 Å². The lowest BCUT2D eigenvalue weighted by atomic mass is 10.0. The third-order valence-electron chi connectivity index (χ3n) is 3.04. The van der Waals surface area contributed by atoms with Crippen LogP contribution in [0.5, 0.6) is 5.88 Å². The number of halogens is 4. The Morgan fingerprint density at radius 2 is 2.09 bits per heavy atom. The molecule has 1 aliphatic rings. The largest absolute Gasteiger partial charge is 0.414 e. The molecule has 9 heteroatoms. The lowest BCUT2D eigenvalue weighted by Crippen LogP contribution is -2.05. The molecule has 3 rings (SSSR count). The van der Waals surface area contributed by atoms with Gasteiger partial charge >= 0.3 is 6.61 Å². The fraction of sp³-hybridized carbons (Fsp3) is 0.154. The van der Waals surface area contributed by atoms with E-state index in [1.165, 1.54) is 6.20 Å². The second-order valence-corrected chi connectivity index (χ2v) is 5.17. The zero-order valence-electron chi connectivity index (χ0n) is 10.7. The molecule has 0 radical (unpaired) electrons. The van der Waals surface area contributed by atoms with Crippen LogP contribution in [0.3, 0.4) is 0 Å². The van der Waals surface area contributed by atoms with Crippen LogP contribution in [0.25, 0.3) is 11.3 Å². The highest BCUT2D eigenvalue weighted by Crippen LogP contribution is 2.38. The Morgan fingerprint density at radius 3 is 2.77 bits per heavy atom. The summed E-state index contributed by atoms with van der Waals surface area (Å²) < 4.78 is 28.5. The zero-order valence-corrected chi connectivity index (χ0v) is 12.3. The molecule has 0 spiro atoms. The highest BCUT2D eigenvalue weighted by atomic mass is 35.5. The van der Waals surface area contributed by atoms with Gasteiger partial charge in [-0.25, -0.2) is 9.97 Å². The second kappa shape index (κ2) is 5.66. The molecular weight excluding hydrogens is 339 g/mol. The summed E-state index contributed by atoms with van der Waals surface area (Å²) in [5.74, 6) is -0.652. The number of hydrogen-bond acceptors (Lipinski definition) is 4. The van der Waals surface area contributed by atoms with Crippen molar-refractivity contribution < 1.29 is 18.3 Å². The van der Waals surface area contributed by atoms with Crippen molar-refractivity contribution in [1.82, 2.24) is 9.97 Å². The Kier molecular flexibility index (Phi) is 3.84. The number of alkyl halides is 2. The predicted octanol–water partition coefficient (Wildman–Crippen LogP) is 3.55. The summed E-state index contributed by atoms with van der Waals surface area (Å²) >= 11 is 11.8. The number of carbonyl (C=O) groups excluding carboxylic acids is 1. The summed E-state index contributed by atoms with van der Waals surface area (Å²) in [4.78, 5) is 19.3. The van der Waals surface area contributed by atoms with Gasteiger partial charge in [-0.05, 0) is 11.6 Å². The maximum Gasteiger partial charge on any atom is 0.388 e. The quantitative estimate of drug-likeness (QED) is 0.923. The summed E-state index contributed by atoms with van der Waals surface area (Å²) in [5.41, 5.74) is 2.09. The van der Waals surface area contributed by atoms with E-state index in [0.29, 0.717) is 27.5 Å². The summed E-state index contributed by atoms with van der Waals surface area (Å²) in [6.07, 6.45) is 1.38. The Labute approximate surface area is 133 Å². The van der Waals surface area contributed by atoms with Gasteiger partial charge in [0.05, 0.1) is 29.0 Å². The Bertz CT molecular complexity index is 771. The molecule has 2 heterocycles. The van der Waals surface area contributed by atoms with E-state index in [1.807, 2.05) is 0 Å². The normalized spacial score (nSPS) is 13.2. The molecule has 5 nitrogen and oxygen atoms in total. The first-order valence-corrected chi connectivity index (χ1v) is 6.80. The average Bonchev–Trinajstić information content (AvgIpc) is 2.84. The summed E-state index contributed by atoms with van der Waals surface area (Å²) in [5, 5.41) is 2.76. The number of aromatic nitrogens is 2. The van der Waals surface area contributed by atoms with E-state index < -0.39 is 12.5 Å². The van der Waals surface area contributed by atoms with E-state index in [1.54, 1.807) is 12.1 Å². The fourth-order valence-electron chi connectivity index (χ4n) is 2.17. The van der Waals surface area contributed by atoms with Crippen LogP contribution in [0.4, 0.5) is 14.5 Å². The van der Waals surface area contributed by atoms with Crippen molar-refractivity contribution >= 4 is 34.8 Å². The van der Waals surface area contributed by atoms with E-state index in [0.717, 1.165) is 0 Å². The van der Waals surface area contributed by atoms with Crippen molar-refractivity contribution in [2.24, 2.45) is 0 Å². The number of carbonyl (C=O) groups is 1. The Balaban J connectivity index is 2.04. The van der Waals surface area contributed by atoms with E-state index in [4.69, 9.17) is 23.2 Å². The van der Waals surface area contributed by atoms with Gasteiger partial charge in [0, 0.05) is 5.56 Å². The van der Waals surface area contributed by atoms with Gasteiger partial charge < -0.3 is 10.1 Å². The Hall–Kier alpha value is -1.99. The molecule has 0 saturated heterocycles. The number of amides is 1. The minimum absolute atomic E-state index is 0.139. The predicted molar refractivity (Wildman–Crippen MR) is 76.5 cm³/mol. The number of nitrogens with one attached hydrogen (secondary N) is 1. The average molecular weight is 346 g/mol. The van der Waals surface area contributed by atoms with Crippen LogP contribution >= 0.6 is 23.2 Å². The third kappa shape index (κ3) is 2.69. The maximum absolute atomic E-state index is 12.2. The van der Waals surface area contributed by atoms with E-state index in [2.05, 4.69) is 20.0 Å². The van der Waals surface area contributed by atoms with Gasteiger partial charge in [-0.3, -0.25) is 4.79 Å². The lowest BCUT2D eigenvalue weighted by Gasteiger charge is -2.10. The Morgan fingerprint density at radius 1 is 1.32 bits per heavy atom. The highest BCUT2D eigenvalue weighted by molar-refractivity contribution is 6.34. The van der Waals surface area contributed by atoms with Gasteiger partial charge in [0.1, 0.15) is 0 Å². The molecule has 1 N–H and O–H groups in total. The minimum atomic E-state index is -3.04. The number of rotatable bonds is 3. The molecule has 0 atom stereocenters. The van der Waals surface area contributed by atoms with Crippen molar-refractivity contribution in [3.63, 3.8) is 0 Å². The molecule has 1 aromatic heterocycles. The smallest absolute Gasteiger partial charge is 0.388 e. The monoisotopic (exact) mass is 345 g/mol. The number of benzene rings is 1. The molecular formula is C13H7Cl2F2N3O2. The van der Waals surface area contributed by atoms with Crippen molar-refractivity contribution in [3.05, 3.63) is 34.1 Å². The first-order valence-electron chi connectivity index (χ1n) is 6.04. The molecule has 0 unspecified atom stereocenters. The molecule has 0 bridgehead atoms. The van der Waals surface area contributed by atoms with E-state index in [9.17, 15) is 13.6 Å². The van der Waals surface area contributed by atoms with Gasteiger partial charge in [0.25, 0.3) is 5.88 Å². The maximum atomic E-state index is 12.2. The number of ether oxygens (including phenoxy) is 1. The third-order valence-corrected chi connectivity index (χ3v) is 3.60. The topological polar surface area (TPSA) is 64.1 Å². The SMILES string of the molecule is O=C1Cc2c(-c3cnc(OC(F)F)c(Cl)n3)ccc(Cl)c2N1. The van der Waals surface area contributed by atoms with Crippen molar-refractivity contribution in [2.75, 3.05) is 5.32 Å². The van der Waals surface area contributed by atoms with Crippen molar-refractivity contribution in [1.29, 1.82) is 0 Å².